The van der Waals surface area contributed by atoms with E-state index >= 15 is 0 Å². The van der Waals surface area contributed by atoms with E-state index in [2.05, 4.69) is 12.2 Å². The Morgan fingerprint density at radius 2 is 1.19 bits per heavy atom. The number of aliphatic hydroxyl groups excluding tert-OH is 2. The predicted molar refractivity (Wildman–Crippen MR) is 131 cm³/mol. The first-order chi connectivity index (χ1) is 15.5. The molecule has 6 heteroatoms. The third kappa shape index (κ3) is 12.2. The second kappa shape index (κ2) is 17.6. The Bertz CT molecular complexity index is 633. The maximum absolute atomic E-state index is 12.1. The summed E-state index contributed by atoms with van der Waals surface area (Å²) in [5.74, 6) is -1.85. The summed E-state index contributed by atoms with van der Waals surface area (Å²) in [6.45, 7) is 3.13. The fourth-order valence-electron chi connectivity index (χ4n) is 3.77. The Morgan fingerprint density at radius 3 is 1.62 bits per heavy atom. The molecular formula is C26H44N2O4. The van der Waals surface area contributed by atoms with Gasteiger partial charge in [0.1, 0.15) is 0 Å². The normalized spacial score (nSPS) is 13.0. The van der Waals surface area contributed by atoms with Crippen LogP contribution < -0.4 is 11.1 Å². The summed E-state index contributed by atoms with van der Waals surface area (Å²) < 4.78 is 0. The maximum atomic E-state index is 12.1. The molecule has 0 saturated carbocycles. The third-order valence-corrected chi connectivity index (χ3v) is 5.89. The molecule has 6 nitrogen and oxygen atoms in total. The number of carbonyl (C=O) groups is 2. The summed E-state index contributed by atoms with van der Waals surface area (Å²) >= 11 is 0. The number of nitrogens with one attached hydrogen (secondary N) is 1. The average molecular weight is 449 g/mol. The molecule has 0 saturated heterocycles. The van der Waals surface area contributed by atoms with E-state index in [1.807, 2.05) is 0 Å². The molecule has 2 unspecified atom stereocenters. The van der Waals surface area contributed by atoms with Crippen LogP contribution in [0.2, 0.25) is 0 Å². The van der Waals surface area contributed by atoms with E-state index in [-0.39, 0.29) is 5.56 Å². The van der Waals surface area contributed by atoms with Crippen molar-refractivity contribution in [2.75, 3.05) is 11.9 Å². The maximum Gasteiger partial charge on any atom is 0.249 e. The molecule has 0 fully saturated rings. The van der Waals surface area contributed by atoms with Crippen molar-refractivity contribution >= 4 is 17.4 Å². The van der Waals surface area contributed by atoms with E-state index in [1.54, 1.807) is 24.3 Å². The number of ketones is 1. The van der Waals surface area contributed by atoms with E-state index in [0.717, 1.165) is 18.7 Å². The molecule has 32 heavy (non-hydrogen) atoms. The van der Waals surface area contributed by atoms with Crippen LogP contribution >= 0.6 is 0 Å². The van der Waals surface area contributed by atoms with Crippen molar-refractivity contribution in [2.24, 2.45) is 5.73 Å². The lowest BCUT2D eigenvalue weighted by atomic mass is 10.0. The highest BCUT2D eigenvalue weighted by Crippen LogP contribution is 2.15. The molecule has 0 spiro atoms. The van der Waals surface area contributed by atoms with Gasteiger partial charge in [-0.1, -0.05) is 90.4 Å². The van der Waals surface area contributed by atoms with Crippen LogP contribution in [0.25, 0.3) is 0 Å². The first-order valence-electron chi connectivity index (χ1n) is 12.5. The Balaban J connectivity index is 2.03. The molecule has 0 aliphatic heterocycles. The number of primary amides is 1. The van der Waals surface area contributed by atoms with Crippen molar-refractivity contribution in [1.82, 2.24) is 0 Å². The van der Waals surface area contributed by atoms with E-state index in [4.69, 9.17) is 5.73 Å². The van der Waals surface area contributed by atoms with E-state index in [1.165, 1.54) is 83.5 Å². The minimum atomic E-state index is -1.90. The molecule has 1 aromatic carbocycles. The molecule has 2 atom stereocenters. The van der Waals surface area contributed by atoms with Gasteiger partial charge in [0.05, 0.1) is 0 Å². The topological polar surface area (TPSA) is 113 Å². The molecular weight excluding hydrogens is 404 g/mol. The van der Waals surface area contributed by atoms with Gasteiger partial charge < -0.3 is 21.3 Å². The zero-order valence-electron chi connectivity index (χ0n) is 19.9. The molecule has 1 amide bonds. The van der Waals surface area contributed by atoms with Crippen LogP contribution in [0.15, 0.2) is 24.3 Å². The van der Waals surface area contributed by atoms with Gasteiger partial charge in [-0.05, 0) is 30.7 Å². The summed E-state index contributed by atoms with van der Waals surface area (Å²) in [4.78, 5) is 23.0. The monoisotopic (exact) mass is 448 g/mol. The number of hydrogen-bond acceptors (Lipinski definition) is 5. The van der Waals surface area contributed by atoms with Gasteiger partial charge in [0.2, 0.25) is 5.91 Å². The number of aliphatic hydroxyl groups is 2. The number of Topliss-reactive ketones (excluding diaryl/α,β-unsaturated/α-hetero) is 1. The lowest BCUT2D eigenvalue weighted by Crippen LogP contribution is -2.43. The van der Waals surface area contributed by atoms with Gasteiger partial charge in [-0.3, -0.25) is 9.59 Å². The van der Waals surface area contributed by atoms with Crippen molar-refractivity contribution in [1.29, 1.82) is 0 Å². The van der Waals surface area contributed by atoms with Crippen LogP contribution in [0.4, 0.5) is 5.69 Å². The number of anilines is 1. The lowest BCUT2D eigenvalue weighted by Gasteiger charge is -2.14. The fourth-order valence-corrected chi connectivity index (χ4v) is 3.77. The minimum Gasteiger partial charge on any atom is -0.385 e. The van der Waals surface area contributed by atoms with E-state index < -0.39 is 23.9 Å². The molecule has 0 heterocycles. The molecule has 1 aromatic rings. The number of nitrogens with two attached hydrogens (primary N) is 1. The Labute approximate surface area is 194 Å². The van der Waals surface area contributed by atoms with Crippen molar-refractivity contribution in [3.8, 4) is 0 Å². The molecule has 1 rings (SSSR count). The zero-order valence-corrected chi connectivity index (χ0v) is 19.9. The number of amides is 1. The third-order valence-electron chi connectivity index (χ3n) is 5.89. The largest absolute Gasteiger partial charge is 0.385 e. The fraction of sp³-hybridized carbons (Fsp3) is 0.692. The summed E-state index contributed by atoms with van der Waals surface area (Å²) in [5, 5.41) is 22.5. The van der Waals surface area contributed by atoms with Crippen LogP contribution in [-0.4, -0.2) is 40.7 Å². The van der Waals surface area contributed by atoms with Crippen molar-refractivity contribution in [3.63, 3.8) is 0 Å². The van der Waals surface area contributed by atoms with E-state index in [0.29, 0.717) is 0 Å². The van der Waals surface area contributed by atoms with Crippen molar-refractivity contribution in [2.45, 2.75) is 109 Å². The Morgan fingerprint density at radius 1 is 0.750 bits per heavy atom. The van der Waals surface area contributed by atoms with Crippen molar-refractivity contribution in [3.05, 3.63) is 29.8 Å². The second-order valence-electron chi connectivity index (χ2n) is 8.76. The molecule has 0 bridgehead atoms. The van der Waals surface area contributed by atoms with Gasteiger partial charge in [0.15, 0.2) is 18.0 Å². The Hall–Kier alpha value is -1.92. The highest BCUT2D eigenvalue weighted by atomic mass is 16.3. The predicted octanol–water partition coefficient (Wildman–Crippen LogP) is 4.97. The quantitative estimate of drug-likeness (QED) is 0.166. The zero-order chi connectivity index (χ0) is 23.6. The van der Waals surface area contributed by atoms with Gasteiger partial charge in [-0.15, -0.1) is 0 Å². The average Bonchev–Trinajstić information content (AvgIpc) is 2.80. The second-order valence-corrected chi connectivity index (χ2v) is 8.76. The number of rotatable bonds is 20. The van der Waals surface area contributed by atoms with Crippen LogP contribution in [0.1, 0.15) is 107 Å². The first kappa shape index (κ1) is 28.1. The van der Waals surface area contributed by atoms with Gasteiger partial charge >= 0.3 is 0 Å². The number of benzene rings is 1. The van der Waals surface area contributed by atoms with Gasteiger partial charge in [0, 0.05) is 17.8 Å². The molecule has 0 aromatic heterocycles. The summed E-state index contributed by atoms with van der Waals surface area (Å²) in [5.41, 5.74) is 6.03. The molecule has 182 valence electrons. The summed E-state index contributed by atoms with van der Waals surface area (Å²) in [6.07, 6.45) is 15.0. The molecule has 0 aliphatic carbocycles. The van der Waals surface area contributed by atoms with Crippen LogP contribution in [0.3, 0.4) is 0 Å². The smallest absolute Gasteiger partial charge is 0.249 e. The van der Waals surface area contributed by atoms with Gasteiger partial charge in [-0.2, -0.15) is 0 Å². The molecule has 0 radical (unpaired) electrons. The molecule has 5 N–H and O–H groups in total. The number of unbranched alkanes of at least 4 members (excludes halogenated alkanes) is 13. The highest BCUT2D eigenvalue weighted by molar-refractivity contribution is 6.02. The van der Waals surface area contributed by atoms with Crippen LogP contribution in [0.5, 0.6) is 0 Å². The minimum absolute atomic E-state index is 0.222. The van der Waals surface area contributed by atoms with Crippen molar-refractivity contribution < 1.29 is 19.8 Å². The van der Waals surface area contributed by atoms with Crippen LogP contribution in [-0.2, 0) is 4.79 Å². The van der Waals surface area contributed by atoms with Gasteiger partial charge in [-0.25, -0.2) is 0 Å². The summed E-state index contributed by atoms with van der Waals surface area (Å²) in [7, 11) is 0. The highest BCUT2D eigenvalue weighted by Gasteiger charge is 2.29. The first-order valence-corrected chi connectivity index (χ1v) is 12.5. The van der Waals surface area contributed by atoms with Crippen LogP contribution in [0, 0.1) is 0 Å². The lowest BCUT2D eigenvalue weighted by molar-refractivity contribution is -0.130. The number of carbonyl (C=O) groups excluding carboxylic acids is 2. The van der Waals surface area contributed by atoms with Gasteiger partial charge in [0.25, 0.3) is 0 Å². The standard InChI is InChI=1S/C26H44N2O4/c1-2-3-4-5-6-7-8-9-10-11-12-13-14-15-20-28-22-18-16-21(17-19-22)23(29)24(30)25(31)26(27)32/h16-19,24-25,28,30-31H,2-15,20H2,1H3,(H2,27,32). The SMILES string of the molecule is CCCCCCCCCCCCCCCCNc1ccc(C(=O)C(O)C(O)C(N)=O)cc1. The Kier molecular flexibility index (Phi) is 15.5. The summed E-state index contributed by atoms with van der Waals surface area (Å²) in [6, 6.07) is 6.63. The number of hydrogen-bond donors (Lipinski definition) is 4. The van der Waals surface area contributed by atoms with E-state index in [9.17, 15) is 19.8 Å². The molecule has 0 aliphatic rings.